The Hall–Kier alpha value is -3.19. The number of nitrogens with zero attached hydrogens (tertiary/aromatic N) is 2. The van der Waals surface area contributed by atoms with E-state index in [1.807, 2.05) is 0 Å². The first-order valence-electron chi connectivity index (χ1n) is 9.01. The highest BCUT2D eigenvalue weighted by atomic mass is 35.5. The molecule has 31 heavy (non-hydrogen) atoms. The molecule has 4 rings (SSSR count). The van der Waals surface area contributed by atoms with Gasteiger partial charge < -0.3 is 10.4 Å². The number of aromatic nitrogens is 2. The Balaban J connectivity index is 1.88. The third-order valence-corrected chi connectivity index (χ3v) is 5.26. The Labute approximate surface area is 191 Å². The lowest BCUT2D eigenvalue weighted by molar-refractivity contribution is 0.102. The standard InChI is InChI=1S/C22H14Cl3N3O3/c23-13-1-7-16(8-2-13)26-20(29)19-21(30)27(17-9-3-14(24)4-10-17)28(22(19)31)18-11-5-15(25)6-12-18/h1-12,30H,(H,26,29). The predicted molar refractivity (Wildman–Crippen MR) is 122 cm³/mol. The Bertz CT molecular complexity index is 1310. The lowest BCUT2D eigenvalue weighted by Gasteiger charge is -2.12. The summed E-state index contributed by atoms with van der Waals surface area (Å²) in [6, 6.07) is 19.3. The van der Waals surface area contributed by atoms with E-state index < -0.39 is 22.9 Å². The molecule has 0 unspecified atom stereocenters. The van der Waals surface area contributed by atoms with E-state index in [-0.39, 0.29) is 0 Å². The van der Waals surface area contributed by atoms with Gasteiger partial charge in [-0.15, -0.1) is 0 Å². The van der Waals surface area contributed by atoms with Gasteiger partial charge in [-0.2, -0.15) is 0 Å². The predicted octanol–water partition coefficient (Wildman–Crippen LogP) is 5.55. The molecule has 0 fully saturated rings. The molecule has 9 heteroatoms. The van der Waals surface area contributed by atoms with Gasteiger partial charge in [-0.1, -0.05) is 34.8 Å². The zero-order valence-electron chi connectivity index (χ0n) is 15.7. The molecular weight excluding hydrogens is 461 g/mol. The molecule has 1 aromatic heterocycles. The van der Waals surface area contributed by atoms with Crippen LogP contribution in [0.2, 0.25) is 15.1 Å². The van der Waals surface area contributed by atoms with Crippen LogP contribution in [0, 0.1) is 0 Å². The molecule has 0 saturated heterocycles. The first-order valence-corrected chi connectivity index (χ1v) is 10.1. The minimum atomic E-state index is -0.764. The topological polar surface area (TPSA) is 76.3 Å². The van der Waals surface area contributed by atoms with Crippen LogP contribution in [0.3, 0.4) is 0 Å². The van der Waals surface area contributed by atoms with Gasteiger partial charge in [0.1, 0.15) is 0 Å². The van der Waals surface area contributed by atoms with Gasteiger partial charge in [-0.3, -0.25) is 9.59 Å². The number of carbonyl (C=O) groups excluding carboxylic acids is 1. The first-order chi connectivity index (χ1) is 14.8. The van der Waals surface area contributed by atoms with Crippen LogP contribution in [0.5, 0.6) is 5.88 Å². The van der Waals surface area contributed by atoms with Gasteiger partial charge >= 0.3 is 0 Å². The van der Waals surface area contributed by atoms with Crippen LogP contribution in [0.4, 0.5) is 5.69 Å². The number of nitrogens with one attached hydrogen (secondary N) is 1. The number of hydrogen-bond acceptors (Lipinski definition) is 3. The molecular formula is C22H14Cl3N3O3. The van der Waals surface area contributed by atoms with E-state index >= 15 is 0 Å². The van der Waals surface area contributed by atoms with Crippen LogP contribution in [0.1, 0.15) is 10.4 Å². The second-order valence-corrected chi connectivity index (χ2v) is 7.85. The molecule has 2 N–H and O–H groups in total. The number of rotatable bonds is 4. The van der Waals surface area contributed by atoms with E-state index in [0.717, 1.165) is 0 Å². The van der Waals surface area contributed by atoms with Gasteiger partial charge in [0.05, 0.1) is 11.4 Å². The van der Waals surface area contributed by atoms with Gasteiger partial charge in [0.15, 0.2) is 5.56 Å². The van der Waals surface area contributed by atoms with Crippen molar-refractivity contribution in [2.45, 2.75) is 0 Å². The maximum atomic E-state index is 13.3. The lowest BCUT2D eigenvalue weighted by atomic mass is 10.2. The average molecular weight is 475 g/mol. The van der Waals surface area contributed by atoms with Gasteiger partial charge in [0, 0.05) is 20.8 Å². The monoisotopic (exact) mass is 473 g/mol. The van der Waals surface area contributed by atoms with Gasteiger partial charge in [0.2, 0.25) is 5.88 Å². The highest BCUT2D eigenvalue weighted by Crippen LogP contribution is 2.26. The first kappa shape index (κ1) is 21.1. The zero-order chi connectivity index (χ0) is 22.1. The van der Waals surface area contributed by atoms with E-state index in [9.17, 15) is 14.7 Å². The Morgan fingerprint density at radius 3 is 1.61 bits per heavy atom. The highest BCUT2D eigenvalue weighted by molar-refractivity contribution is 6.31. The largest absolute Gasteiger partial charge is 0.493 e. The van der Waals surface area contributed by atoms with E-state index in [0.29, 0.717) is 32.1 Å². The smallest absolute Gasteiger partial charge is 0.288 e. The number of aromatic hydroxyl groups is 1. The van der Waals surface area contributed by atoms with Crippen molar-refractivity contribution in [1.82, 2.24) is 9.36 Å². The molecule has 1 heterocycles. The lowest BCUT2D eigenvalue weighted by Crippen LogP contribution is -2.25. The van der Waals surface area contributed by atoms with Crippen molar-refractivity contribution < 1.29 is 9.90 Å². The average Bonchev–Trinajstić information content (AvgIpc) is 3.01. The molecule has 156 valence electrons. The van der Waals surface area contributed by atoms with Crippen LogP contribution >= 0.6 is 34.8 Å². The second-order valence-electron chi connectivity index (χ2n) is 6.54. The Kier molecular flexibility index (Phi) is 5.78. The third-order valence-electron chi connectivity index (χ3n) is 4.50. The molecule has 0 atom stereocenters. The number of halogens is 3. The maximum Gasteiger partial charge on any atom is 0.288 e. The minimum absolute atomic E-state index is 0.408. The van der Waals surface area contributed by atoms with E-state index in [1.54, 1.807) is 72.8 Å². The number of carbonyl (C=O) groups is 1. The summed E-state index contributed by atoms with van der Waals surface area (Å²) in [6.45, 7) is 0. The van der Waals surface area contributed by atoms with Crippen molar-refractivity contribution in [1.29, 1.82) is 0 Å². The van der Waals surface area contributed by atoms with Crippen molar-refractivity contribution in [3.8, 4) is 17.3 Å². The van der Waals surface area contributed by atoms with Crippen molar-refractivity contribution >= 4 is 46.4 Å². The number of benzene rings is 3. The summed E-state index contributed by atoms with van der Waals surface area (Å²) in [4.78, 5) is 26.2. The van der Waals surface area contributed by atoms with Gasteiger partial charge in [0.25, 0.3) is 11.5 Å². The fourth-order valence-corrected chi connectivity index (χ4v) is 3.43. The fraction of sp³-hybridized carbons (Fsp3) is 0. The second kappa shape index (κ2) is 8.51. The van der Waals surface area contributed by atoms with Crippen LogP contribution in [-0.4, -0.2) is 20.4 Å². The summed E-state index contributed by atoms with van der Waals surface area (Å²) in [7, 11) is 0. The molecule has 3 aromatic carbocycles. The maximum absolute atomic E-state index is 13.3. The number of anilines is 1. The van der Waals surface area contributed by atoms with Crippen LogP contribution in [0.25, 0.3) is 11.4 Å². The highest BCUT2D eigenvalue weighted by Gasteiger charge is 2.27. The Morgan fingerprint density at radius 1 is 0.710 bits per heavy atom. The third kappa shape index (κ3) is 4.18. The normalized spacial score (nSPS) is 10.8. The Morgan fingerprint density at radius 2 is 1.13 bits per heavy atom. The molecule has 0 radical (unpaired) electrons. The molecule has 4 aromatic rings. The van der Waals surface area contributed by atoms with Crippen molar-refractivity contribution in [2.75, 3.05) is 5.32 Å². The molecule has 0 aliphatic rings. The molecule has 0 aliphatic carbocycles. The fourth-order valence-electron chi connectivity index (χ4n) is 3.05. The molecule has 0 aliphatic heterocycles. The molecule has 6 nitrogen and oxygen atoms in total. The summed E-state index contributed by atoms with van der Waals surface area (Å²) in [5.41, 5.74) is 0.135. The van der Waals surface area contributed by atoms with Gasteiger partial charge in [-0.25, -0.2) is 9.36 Å². The SMILES string of the molecule is O=C(Nc1ccc(Cl)cc1)c1c(O)n(-c2ccc(Cl)cc2)n(-c2ccc(Cl)cc2)c1=O. The van der Waals surface area contributed by atoms with E-state index in [2.05, 4.69) is 5.32 Å². The summed E-state index contributed by atoms with van der Waals surface area (Å²) < 4.78 is 2.42. The minimum Gasteiger partial charge on any atom is -0.493 e. The van der Waals surface area contributed by atoms with Crippen LogP contribution in [-0.2, 0) is 0 Å². The number of hydrogen-bond donors (Lipinski definition) is 2. The van der Waals surface area contributed by atoms with Crippen molar-refractivity contribution in [3.63, 3.8) is 0 Å². The van der Waals surface area contributed by atoms with Crippen LogP contribution < -0.4 is 10.9 Å². The summed E-state index contributed by atoms with van der Waals surface area (Å²) >= 11 is 17.8. The zero-order valence-corrected chi connectivity index (χ0v) is 18.0. The van der Waals surface area contributed by atoms with Crippen LogP contribution in [0.15, 0.2) is 77.6 Å². The molecule has 0 spiro atoms. The van der Waals surface area contributed by atoms with Gasteiger partial charge in [-0.05, 0) is 72.8 Å². The molecule has 0 bridgehead atoms. The van der Waals surface area contributed by atoms with Crippen molar-refractivity contribution in [2.24, 2.45) is 0 Å². The molecule has 0 saturated carbocycles. The number of amides is 1. The summed E-state index contributed by atoms with van der Waals surface area (Å²) in [5, 5.41) is 15.0. The summed E-state index contributed by atoms with van der Waals surface area (Å²) in [5.74, 6) is -1.28. The quantitative estimate of drug-likeness (QED) is 0.407. The van der Waals surface area contributed by atoms with E-state index in [1.165, 1.54) is 9.36 Å². The van der Waals surface area contributed by atoms with Crippen molar-refractivity contribution in [3.05, 3.63) is 104 Å². The van der Waals surface area contributed by atoms with E-state index in [4.69, 9.17) is 34.8 Å². The summed E-state index contributed by atoms with van der Waals surface area (Å²) in [6.07, 6.45) is 0. The molecule has 1 amide bonds.